The van der Waals surface area contributed by atoms with Crippen LogP contribution in [0.25, 0.3) is 0 Å². The van der Waals surface area contributed by atoms with Gasteiger partial charge in [-0.25, -0.2) is 0 Å². The molecule has 290 valence electrons. The highest BCUT2D eigenvalue weighted by Crippen LogP contribution is 2.25. The first-order valence-corrected chi connectivity index (χ1v) is 18.4. The molecule has 0 heterocycles. The van der Waals surface area contributed by atoms with E-state index in [-0.39, 0.29) is 37.4 Å². The van der Waals surface area contributed by atoms with Crippen LogP contribution in [0.5, 0.6) is 0 Å². The molecule has 7 nitrogen and oxygen atoms in total. The number of amides is 1. The van der Waals surface area contributed by atoms with E-state index in [4.69, 9.17) is 15.2 Å². The average Bonchev–Trinajstić information content (AvgIpc) is 3.15. The lowest BCUT2D eigenvalue weighted by Crippen LogP contribution is -2.39. The molecule has 54 heavy (non-hydrogen) atoms. The zero-order valence-electron chi connectivity index (χ0n) is 31.7. The maximum absolute atomic E-state index is 12.7. The Kier molecular flexibility index (Phi) is 17.9. The zero-order chi connectivity index (χ0) is 39.5. The summed E-state index contributed by atoms with van der Waals surface area (Å²) in [6, 6.07) is 30.0. The van der Waals surface area contributed by atoms with Crippen LogP contribution in [0.2, 0.25) is 0 Å². The third-order valence-corrected chi connectivity index (χ3v) is 9.21. The van der Waals surface area contributed by atoms with Crippen molar-refractivity contribution < 1.29 is 37.0 Å². The van der Waals surface area contributed by atoms with Crippen molar-refractivity contribution in [2.45, 2.75) is 111 Å². The van der Waals surface area contributed by atoms with E-state index in [0.29, 0.717) is 31.4 Å². The van der Waals surface area contributed by atoms with Crippen LogP contribution in [0, 0.1) is 27.7 Å². The van der Waals surface area contributed by atoms with Gasteiger partial charge in [0.1, 0.15) is 13.2 Å². The lowest BCUT2D eigenvalue weighted by Gasteiger charge is -2.21. The molecule has 1 amide bonds. The van der Waals surface area contributed by atoms with Crippen LogP contribution < -0.4 is 11.1 Å². The molecule has 0 radical (unpaired) electrons. The fourth-order valence-corrected chi connectivity index (χ4v) is 5.58. The monoisotopic (exact) mass is 746 g/mol. The topological polar surface area (TPSA) is 108 Å². The van der Waals surface area contributed by atoms with Gasteiger partial charge in [0.25, 0.3) is 0 Å². The fraction of sp³-hybridized carbons (Fsp3) is 0.386. The van der Waals surface area contributed by atoms with Gasteiger partial charge in [-0.05, 0) is 97.9 Å². The molecule has 0 unspecified atom stereocenters. The molecule has 4 aromatic carbocycles. The number of halogens is 3. The molecule has 10 heteroatoms. The number of carbonyl (C=O) groups excluding carboxylic acids is 3. The van der Waals surface area contributed by atoms with Crippen LogP contribution in [0.1, 0.15) is 108 Å². The summed E-state index contributed by atoms with van der Waals surface area (Å²) in [6.07, 6.45) is -0.496. The van der Waals surface area contributed by atoms with Crippen LogP contribution in [0.15, 0.2) is 97.1 Å². The Morgan fingerprint density at radius 2 is 1.06 bits per heavy atom. The first-order chi connectivity index (χ1) is 25.7. The molecule has 0 saturated heterocycles. The predicted molar refractivity (Wildman–Crippen MR) is 205 cm³/mol. The Balaban J connectivity index is 0.000000297. The van der Waals surface area contributed by atoms with E-state index >= 15 is 0 Å². The number of nitrogens with two attached hydrogens (primary N) is 1. The number of aryl methyl sites for hydroxylation is 4. The maximum atomic E-state index is 12.7. The van der Waals surface area contributed by atoms with E-state index in [1.165, 1.54) is 16.7 Å². The lowest BCUT2D eigenvalue weighted by molar-refractivity contribution is -0.174. The van der Waals surface area contributed by atoms with Crippen molar-refractivity contribution in [3.8, 4) is 0 Å². The zero-order valence-corrected chi connectivity index (χ0v) is 31.7. The number of ether oxygens (including phenoxy) is 2. The molecule has 0 aliphatic carbocycles. The Hall–Kier alpha value is -4.96. The van der Waals surface area contributed by atoms with Crippen LogP contribution in [0.4, 0.5) is 13.2 Å². The number of nitrogens with one attached hydrogen (secondary N) is 1. The summed E-state index contributed by atoms with van der Waals surface area (Å²) >= 11 is 0. The normalized spacial score (nSPS) is 12.1. The van der Waals surface area contributed by atoms with Crippen molar-refractivity contribution in [3.63, 3.8) is 0 Å². The van der Waals surface area contributed by atoms with Crippen molar-refractivity contribution >= 4 is 17.8 Å². The molecule has 4 aromatic rings. The second kappa shape index (κ2) is 22.3. The molecule has 0 bridgehead atoms. The summed E-state index contributed by atoms with van der Waals surface area (Å²) < 4.78 is 48.6. The van der Waals surface area contributed by atoms with Crippen molar-refractivity contribution in [1.82, 2.24) is 5.32 Å². The van der Waals surface area contributed by atoms with Gasteiger partial charge in [-0.1, -0.05) is 110 Å². The second-order valence-electron chi connectivity index (χ2n) is 13.6. The fourth-order valence-electron chi connectivity index (χ4n) is 5.58. The molecule has 3 N–H and O–H groups in total. The summed E-state index contributed by atoms with van der Waals surface area (Å²) in [5.74, 6) is -2.47. The minimum absolute atomic E-state index is 0.0321. The number of esters is 2. The van der Waals surface area contributed by atoms with Gasteiger partial charge in [0, 0.05) is 18.9 Å². The lowest BCUT2D eigenvalue weighted by atomic mass is 9.97. The second-order valence-corrected chi connectivity index (χ2v) is 13.6. The van der Waals surface area contributed by atoms with E-state index in [1.807, 2.05) is 80.6 Å². The molecule has 0 saturated carbocycles. The van der Waals surface area contributed by atoms with Crippen molar-refractivity contribution in [2.75, 3.05) is 0 Å². The molecular formula is C44H53F3N2O5. The molecule has 2 atom stereocenters. The van der Waals surface area contributed by atoms with Gasteiger partial charge in [-0.3, -0.25) is 14.4 Å². The van der Waals surface area contributed by atoms with Crippen molar-refractivity contribution in [3.05, 3.63) is 142 Å². The maximum Gasteiger partial charge on any atom is 0.471 e. The molecular weight excluding hydrogens is 693 g/mol. The number of benzene rings is 4. The molecule has 0 aliphatic heterocycles. The van der Waals surface area contributed by atoms with Crippen LogP contribution in [-0.4, -0.2) is 24.0 Å². The van der Waals surface area contributed by atoms with Gasteiger partial charge in [0.2, 0.25) is 0 Å². The van der Waals surface area contributed by atoms with Crippen LogP contribution in [0.3, 0.4) is 0 Å². The van der Waals surface area contributed by atoms with Gasteiger partial charge >= 0.3 is 24.0 Å². The van der Waals surface area contributed by atoms with E-state index in [0.717, 1.165) is 41.5 Å². The predicted octanol–water partition coefficient (Wildman–Crippen LogP) is 9.93. The summed E-state index contributed by atoms with van der Waals surface area (Å²) in [4.78, 5) is 35.1. The standard InChI is InChI=1S/C23H26F3NO3.C21H27NO2/c1-16-12-13-19(14-17(16)2)20(27-22(29)23(24,25)26)10-6-7-11-21(28)30-15-18-8-4-3-5-9-18;1-16-12-13-19(14-17(16)2)20(22)10-6-7-11-21(23)24-15-18-8-4-3-5-9-18/h3-5,8-9,12-14,20H,6-7,10-11,15H2,1-2H3,(H,27,29);3-5,8-9,12-14,20H,6-7,10-11,15,22H2,1-2H3/t2*20-/m11/s1. The highest BCUT2D eigenvalue weighted by molar-refractivity contribution is 5.82. The highest BCUT2D eigenvalue weighted by atomic mass is 19.4. The summed E-state index contributed by atoms with van der Waals surface area (Å²) in [7, 11) is 0. The van der Waals surface area contributed by atoms with Crippen molar-refractivity contribution in [1.29, 1.82) is 0 Å². The molecule has 0 aromatic heterocycles. The molecule has 0 aliphatic rings. The SMILES string of the molecule is Cc1ccc([C@@H](CCCCC(=O)OCc2ccccc2)NC(=O)C(F)(F)F)cc1C.Cc1ccc([C@H](N)CCCCC(=O)OCc2ccccc2)cc1C. The summed E-state index contributed by atoms with van der Waals surface area (Å²) in [5, 5.41) is 2.07. The van der Waals surface area contributed by atoms with Gasteiger partial charge in [-0.15, -0.1) is 0 Å². The van der Waals surface area contributed by atoms with Gasteiger partial charge < -0.3 is 20.5 Å². The van der Waals surface area contributed by atoms with E-state index in [1.54, 1.807) is 12.1 Å². The van der Waals surface area contributed by atoms with Crippen molar-refractivity contribution in [2.24, 2.45) is 5.73 Å². The number of rotatable bonds is 17. The minimum Gasteiger partial charge on any atom is -0.461 e. The third-order valence-electron chi connectivity index (χ3n) is 9.21. The molecule has 0 fully saturated rings. The number of hydrogen-bond acceptors (Lipinski definition) is 6. The summed E-state index contributed by atoms with van der Waals surface area (Å²) in [6.45, 7) is 8.52. The van der Waals surface area contributed by atoms with Crippen LogP contribution >= 0.6 is 0 Å². The third kappa shape index (κ3) is 16.0. The average molecular weight is 747 g/mol. The number of unbranched alkanes of at least 4 members (excludes halogenated alkanes) is 2. The summed E-state index contributed by atoms with van der Waals surface area (Å²) in [5.41, 5.74) is 14.4. The first-order valence-electron chi connectivity index (χ1n) is 18.4. The van der Waals surface area contributed by atoms with Crippen LogP contribution in [-0.2, 0) is 37.1 Å². The Bertz CT molecular complexity index is 1760. The van der Waals surface area contributed by atoms with Gasteiger partial charge in [-0.2, -0.15) is 13.2 Å². The Morgan fingerprint density at radius 1 is 0.611 bits per heavy atom. The van der Waals surface area contributed by atoms with Gasteiger partial charge in [0.15, 0.2) is 0 Å². The Labute approximate surface area is 317 Å². The quantitative estimate of drug-likeness (QED) is 0.0823. The van der Waals surface area contributed by atoms with E-state index in [2.05, 4.69) is 37.4 Å². The number of carbonyl (C=O) groups is 3. The van der Waals surface area contributed by atoms with E-state index in [9.17, 15) is 27.6 Å². The largest absolute Gasteiger partial charge is 0.471 e. The molecule has 0 spiro atoms. The number of alkyl halides is 3. The Morgan fingerprint density at radius 3 is 1.52 bits per heavy atom. The van der Waals surface area contributed by atoms with E-state index < -0.39 is 18.1 Å². The molecule has 4 rings (SSSR count). The number of hydrogen-bond donors (Lipinski definition) is 2. The first kappa shape index (κ1) is 43.4. The highest BCUT2D eigenvalue weighted by Gasteiger charge is 2.39. The minimum atomic E-state index is -4.95. The smallest absolute Gasteiger partial charge is 0.461 e. The van der Waals surface area contributed by atoms with Gasteiger partial charge in [0.05, 0.1) is 6.04 Å².